The van der Waals surface area contributed by atoms with Gasteiger partial charge in [-0.15, -0.1) is 11.3 Å². The molecule has 6 heteroatoms. The maximum absolute atomic E-state index is 12.9. The Kier molecular flexibility index (Phi) is 6.80. The maximum Gasteiger partial charge on any atom is 0.240 e. The number of β-amino-alcohol motifs (C(OH)–C–C–N with tert-alkyl or cyclic N) is 1. The van der Waals surface area contributed by atoms with Crippen LogP contribution in [0.1, 0.15) is 44.7 Å². The van der Waals surface area contributed by atoms with Crippen molar-refractivity contribution in [3.63, 3.8) is 0 Å². The Labute approximate surface area is 182 Å². The van der Waals surface area contributed by atoms with Gasteiger partial charge in [0.1, 0.15) is 0 Å². The number of likely N-dealkylation sites (tertiary alicyclic amines) is 1. The van der Waals surface area contributed by atoms with Crippen LogP contribution < -0.4 is 5.73 Å². The average Bonchev–Trinajstić information content (AvgIpc) is 3.30. The van der Waals surface area contributed by atoms with Crippen molar-refractivity contribution < 1.29 is 14.7 Å². The van der Waals surface area contributed by atoms with Crippen LogP contribution in [-0.4, -0.2) is 46.4 Å². The number of aliphatic hydroxyl groups excluding tert-OH is 1. The number of carbonyl (C=O) groups is 2. The molecule has 30 heavy (non-hydrogen) atoms. The van der Waals surface area contributed by atoms with Crippen LogP contribution in [0, 0.1) is 12.3 Å². The van der Waals surface area contributed by atoms with Crippen LogP contribution in [0.3, 0.4) is 0 Å². The minimum Gasteiger partial charge on any atom is -0.391 e. The molecule has 0 spiro atoms. The summed E-state index contributed by atoms with van der Waals surface area (Å²) in [5.41, 5.74) is 9.26. The molecule has 0 saturated carbocycles. The number of carbonyl (C=O) groups excluding carboxylic acids is 2. The van der Waals surface area contributed by atoms with Crippen LogP contribution in [0.25, 0.3) is 10.4 Å². The fraction of sp³-hybridized carbons (Fsp3) is 0.500. The predicted octanol–water partition coefficient (Wildman–Crippen LogP) is 3.56. The summed E-state index contributed by atoms with van der Waals surface area (Å²) in [6.45, 7) is 7.99. The third-order valence-corrected chi connectivity index (χ3v) is 6.94. The largest absolute Gasteiger partial charge is 0.391 e. The van der Waals surface area contributed by atoms with Gasteiger partial charge in [-0.1, -0.05) is 45.0 Å². The minimum atomic E-state index is -0.702. The van der Waals surface area contributed by atoms with Crippen molar-refractivity contribution in [2.75, 3.05) is 6.54 Å². The van der Waals surface area contributed by atoms with Crippen molar-refractivity contribution in [3.8, 4) is 10.4 Å². The van der Waals surface area contributed by atoms with Crippen LogP contribution in [0.15, 0.2) is 35.7 Å². The van der Waals surface area contributed by atoms with E-state index in [1.54, 1.807) is 11.3 Å². The van der Waals surface area contributed by atoms with Gasteiger partial charge < -0.3 is 15.7 Å². The van der Waals surface area contributed by atoms with E-state index in [1.165, 1.54) is 20.9 Å². The Morgan fingerprint density at radius 2 is 1.90 bits per heavy atom. The van der Waals surface area contributed by atoms with Gasteiger partial charge in [0.15, 0.2) is 5.78 Å². The van der Waals surface area contributed by atoms with Crippen molar-refractivity contribution in [3.05, 3.63) is 46.8 Å². The van der Waals surface area contributed by atoms with Crippen molar-refractivity contribution in [2.45, 2.75) is 65.1 Å². The molecule has 1 saturated heterocycles. The van der Waals surface area contributed by atoms with Gasteiger partial charge in [0, 0.05) is 24.3 Å². The van der Waals surface area contributed by atoms with Crippen LogP contribution in [-0.2, 0) is 16.0 Å². The molecule has 1 amide bonds. The van der Waals surface area contributed by atoms with E-state index in [4.69, 9.17) is 5.73 Å². The first kappa shape index (κ1) is 22.7. The Bertz CT molecular complexity index is 898. The lowest BCUT2D eigenvalue weighted by Crippen LogP contribution is -2.53. The lowest BCUT2D eigenvalue weighted by Gasteiger charge is -2.32. The summed E-state index contributed by atoms with van der Waals surface area (Å²) in [7, 11) is 0. The normalized spacial score (nSPS) is 20.4. The first-order valence-corrected chi connectivity index (χ1v) is 11.4. The number of hydrogen-bond donors (Lipinski definition) is 2. The molecule has 1 aromatic carbocycles. The lowest BCUT2D eigenvalue weighted by atomic mass is 9.86. The van der Waals surface area contributed by atoms with E-state index in [-0.39, 0.29) is 24.7 Å². The molecule has 1 aromatic heterocycles. The monoisotopic (exact) mass is 428 g/mol. The van der Waals surface area contributed by atoms with Crippen LogP contribution in [0.2, 0.25) is 0 Å². The van der Waals surface area contributed by atoms with Crippen molar-refractivity contribution in [1.82, 2.24) is 4.90 Å². The highest BCUT2D eigenvalue weighted by Gasteiger charge is 2.42. The Hall–Kier alpha value is -2.02. The van der Waals surface area contributed by atoms with Crippen LogP contribution in [0.4, 0.5) is 0 Å². The second kappa shape index (κ2) is 9.00. The number of benzene rings is 1. The first-order valence-electron chi connectivity index (χ1n) is 10.5. The van der Waals surface area contributed by atoms with Crippen LogP contribution in [0.5, 0.6) is 0 Å². The summed E-state index contributed by atoms with van der Waals surface area (Å²) < 4.78 is 0. The van der Waals surface area contributed by atoms with E-state index < -0.39 is 23.6 Å². The molecule has 1 fully saturated rings. The number of aliphatic hydroxyl groups is 1. The van der Waals surface area contributed by atoms with E-state index in [2.05, 4.69) is 42.6 Å². The van der Waals surface area contributed by atoms with Gasteiger partial charge >= 0.3 is 0 Å². The fourth-order valence-electron chi connectivity index (χ4n) is 3.84. The Morgan fingerprint density at radius 3 is 2.47 bits per heavy atom. The van der Waals surface area contributed by atoms with Gasteiger partial charge in [-0.05, 0) is 46.9 Å². The number of rotatable bonds is 6. The number of amides is 1. The van der Waals surface area contributed by atoms with Crippen LogP contribution >= 0.6 is 11.3 Å². The molecule has 0 unspecified atom stereocenters. The molecule has 1 aliphatic rings. The van der Waals surface area contributed by atoms with E-state index in [1.807, 2.05) is 20.8 Å². The molecular formula is C24H32N2O3S. The highest BCUT2D eigenvalue weighted by Crippen LogP contribution is 2.29. The molecule has 3 atom stereocenters. The molecule has 0 radical (unpaired) electrons. The second-order valence-electron chi connectivity index (χ2n) is 9.34. The first-order chi connectivity index (χ1) is 14.1. The van der Waals surface area contributed by atoms with Crippen molar-refractivity contribution in [1.29, 1.82) is 0 Å². The van der Waals surface area contributed by atoms with E-state index in [9.17, 15) is 14.7 Å². The number of aryl methyl sites for hydroxylation is 2. The Morgan fingerprint density at radius 1 is 1.23 bits per heavy atom. The predicted molar refractivity (Wildman–Crippen MR) is 121 cm³/mol. The summed E-state index contributed by atoms with van der Waals surface area (Å²) in [6, 6.07) is 9.13. The SMILES string of the molecule is Cc1ccsc1-c1ccc(CCC(=O)[C@H]2C[C@H](O)CN2C(=O)[C@H](N)C(C)(C)C)cc1. The number of nitrogens with two attached hydrogens (primary N) is 1. The van der Waals surface area contributed by atoms with E-state index in [0.717, 1.165) is 5.56 Å². The zero-order valence-electron chi connectivity index (χ0n) is 18.2. The van der Waals surface area contributed by atoms with Crippen molar-refractivity contribution >= 4 is 23.0 Å². The molecule has 3 rings (SSSR count). The van der Waals surface area contributed by atoms with E-state index in [0.29, 0.717) is 12.8 Å². The molecule has 3 N–H and O–H groups in total. The molecule has 0 aliphatic carbocycles. The molecule has 1 aliphatic heterocycles. The zero-order valence-corrected chi connectivity index (χ0v) is 19.0. The molecule has 2 aromatic rings. The summed E-state index contributed by atoms with van der Waals surface area (Å²) in [4.78, 5) is 28.5. The molecular weight excluding hydrogens is 396 g/mol. The lowest BCUT2D eigenvalue weighted by molar-refractivity contribution is -0.140. The third-order valence-electron chi connectivity index (χ3n) is 5.87. The molecule has 0 bridgehead atoms. The standard InChI is InChI=1S/C24H32N2O3S/c1-15-11-12-30-21(15)17-8-5-16(6-9-17)7-10-20(28)19-13-18(27)14-26(19)23(29)22(25)24(2,3)4/h5-6,8-9,11-12,18-19,22,27H,7,10,13-14,25H2,1-4H3/t18-,19+,22-/m0/s1. The summed E-state index contributed by atoms with van der Waals surface area (Å²) >= 11 is 1.73. The average molecular weight is 429 g/mol. The summed E-state index contributed by atoms with van der Waals surface area (Å²) in [6.07, 6.45) is 0.562. The Balaban J connectivity index is 1.63. The topological polar surface area (TPSA) is 83.6 Å². The van der Waals surface area contributed by atoms with Gasteiger partial charge in [-0.25, -0.2) is 0 Å². The molecule has 162 valence electrons. The fourth-order valence-corrected chi connectivity index (χ4v) is 4.77. The minimum absolute atomic E-state index is 0.0146. The number of hydrogen-bond acceptors (Lipinski definition) is 5. The van der Waals surface area contributed by atoms with Gasteiger partial charge in [0.05, 0.1) is 18.2 Å². The smallest absolute Gasteiger partial charge is 0.240 e. The number of nitrogens with zero attached hydrogens (tertiary/aromatic N) is 1. The van der Waals surface area contributed by atoms with Gasteiger partial charge in [0.2, 0.25) is 5.91 Å². The summed E-state index contributed by atoms with van der Waals surface area (Å²) in [5.74, 6) is -0.271. The summed E-state index contributed by atoms with van der Waals surface area (Å²) in [5, 5.41) is 12.2. The van der Waals surface area contributed by atoms with Gasteiger partial charge in [-0.3, -0.25) is 9.59 Å². The quantitative estimate of drug-likeness (QED) is 0.737. The zero-order chi connectivity index (χ0) is 22.1. The molecule has 5 nitrogen and oxygen atoms in total. The maximum atomic E-state index is 12.9. The highest BCUT2D eigenvalue weighted by molar-refractivity contribution is 7.13. The third kappa shape index (κ3) is 4.99. The number of ketones is 1. The second-order valence-corrected chi connectivity index (χ2v) is 10.3. The number of Topliss-reactive ketones (excluding diaryl/α,β-unsaturated/α-hetero) is 1. The van der Waals surface area contributed by atoms with Gasteiger partial charge in [-0.2, -0.15) is 0 Å². The highest BCUT2D eigenvalue weighted by atomic mass is 32.1. The van der Waals surface area contributed by atoms with Gasteiger partial charge in [0.25, 0.3) is 0 Å². The number of thiophene rings is 1. The molecule has 2 heterocycles. The van der Waals surface area contributed by atoms with Crippen molar-refractivity contribution in [2.24, 2.45) is 11.1 Å². The van der Waals surface area contributed by atoms with E-state index >= 15 is 0 Å².